The lowest BCUT2D eigenvalue weighted by Gasteiger charge is -2.04. The molecular weight excluding hydrogens is 356 g/mol. The fourth-order valence-electron chi connectivity index (χ4n) is 2.42. The van der Waals surface area contributed by atoms with E-state index in [1.54, 1.807) is 30.0 Å². The summed E-state index contributed by atoms with van der Waals surface area (Å²) in [6.07, 6.45) is 5.35. The summed E-state index contributed by atoms with van der Waals surface area (Å²) in [4.78, 5) is 30.7. The Labute approximate surface area is 153 Å². The fourth-order valence-corrected chi connectivity index (χ4v) is 2.55. The zero-order valence-electron chi connectivity index (χ0n) is 14.2. The van der Waals surface area contributed by atoms with Gasteiger partial charge in [-0.05, 0) is 24.6 Å². The van der Waals surface area contributed by atoms with Crippen molar-refractivity contribution in [2.45, 2.75) is 13.5 Å². The standard InChI is InChI=1S/C17H17ClN6O2/c1-3-4-9-24-13-14(23(2)17(26)21-15(13)25)20-16(24)22-19-10-11-5-7-12(18)8-6-11/h3-8,10H,9H2,1-2H3,(H,20,22)(H,21,25,26). The van der Waals surface area contributed by atoms with Crippen LogP contribution in [0.25, 0.3) is 11.2 Å². The van der Waals surface area contributed by atoms with Crippen molar-refractivity contribution in [3.05, 3.63) is 67.8 Å². The molecule has 8 nitrogen and oxygen atoms in total. The molecule has 0 aliphatic rings. The lowest BCUT2D eigenvalue weighted by Crippen LogP contribution is -2.29. The number of halogens is 1. The van der Waals surface area contributed by atoms with E-state index in [2.05, 4.69) is 20.5 Å². The second kappa shape index (κ2) is 7.40. The van der Waals surface area contributed by atoms with Gasteiger partial charge < -0.3 is 0 Å². The van der Waals surface area contributed by atoms with Crippen LogP contribution in [0.15, 0.2) is 51.1 Å². The lowest BCUT2D eigenvalue weighted by molar-refractivity contribution is 0.818. The molecule has 2 aromatic heterocycles. The van der Waals surface area contributed by atoms with Crippen LogP contribution in [0.4, 0.5) is 5.95 Å². The predicted molar refractivity (Wildman–Crippen MR) is 103 cm³/mol. The maximum atomic E-state index is 12.2. The number of nitrogens with zero attached hydrogens (tertiary/aromatic N) is 4. The first-order chi connectivity index (χ1) is 12.5. The Balaban J connectivity index is 2.02. The summed E-state index contributed by atoms with van der Waals surface area (Å²) in [5, 5.41) is 4.80. The smallest absolute Gasteiger partial charge is 0.299 e. The average Bonchev–Trinajstić information content (AvgIpc) is 2.99. The van der Waals surface area contributed by atoms with Gasteiger partial charge in [0, 0.05) is 18.6 Å². The van der Waals surface area contributed by atoms with Crippen molar-refractivity contribution in [3.8, 4) is 0 Å². The molecule has 26 heavy (non-hydrogen) atoms. The van der Waals surface area contributed by atoms with Crippen LogP contribution in [0.2, 0.25) is 5.02 Å². The molecule has 0 fully saturated rings. The Hall–Kier alpha value is -3.13. The van der Waals surface area contributed by atoms with Crippen LogP contribution in [-0.2, 0) is 13.6 Å². The molecule has 0 aliphatic carbocycles. The largest absolute Gasteiger partial charge is 0.329 e. The summed E-state index contributed by atoms with van der Waals surface area (Å²) < 4.78 is 2.95. The van der Waals surface area contributed by atoms with Gasteiger partial charge in [-0.3, -0.25) is 18.9 Å². The van der Waals surface area contributed by atoms with Crippen LogP contribution in [0.1, 0.15) is 12.5 Å². The van der Waals surface area contributed by atoms with Gasteiger partial charge in [0.25, 0.3) is 5.56 Å². The first-order valence-electron chi connectivity index (χ1n) is 7.86. The minimum Gasteiger partial charge on any atom is -0.299 e. The van der Waals surface area contributed by atoms with Gasteiger partial charge in [-0.25, -0.2) is 10.2 Å². The third-order valence-corrected chi connectivity index (χ3v) is 4.03. The van der Waals surface area contributed by atoms with Crippen molar-refractivity contribution in [2.75, 3.05) is 5.43 Å². The highest BCUT2D eigenvalue weighted by Crippen LogP contribution is 2.15. The van der Waals surface area contributed by atoms with E-state index in [0.717, 1.165) is 5.56 Å². The Morgan fingerprint density at radius 3 is 2.73 bits per heavy atom. The van der Waals surface area contributed by atoms with E-state index in [1.807, 2.05) is 31.2 Å². The van der Waals surface area contributed by atoms with E-state index in [0.29, 0.717) is 23.0 Å². The predicted octanol–water partition coefficient (Wildman–Crippen LogP) is 2.10. The molecular formula is C17H17ClN6O2. The van der Waals surface area contributed by atoms with Gasteiger partial charge in [0.2, 0.25) is 5.95 Å². The number of aromatic amines is 1. The van der Waals surface area contributed by atoms with Gasteiger partial charge in [-0.1, -0.05) is 35.9 Å². The maximum Gasteiger partial charge on any atom is 0.329 e. The molecule has 0 atom stereocenters. The number of allylic oxidation sites excluding steroid dienone is 2. The number of anilines is 1. The van der Waals surface area contributed by atoms with E-state index in [4.69, 9.17) is 11.6 Å². The Kier molecular flexibility index (Phi) is 5.04. The summed E-state index contributed by atoms with van der Waals surface area (Å²) in [7, 11) is 1.55. The first-order valence-corrected chi connectivity index (χ1v) is 8.24. The van der Waals surface area contributed by atoms with Crippen LogP contribution in [-0.4, -0.2) is 25.3 Å². The molecule has 0 bridgehead atoms. The summed E-state index contributed by atoms with van der Waals surface area (Å²) >= 11 is 5.86. The number of hydrogen-bond donors (Lipinski definition) is 2. The minimum absolute atomic E-state index is 0.285. The SMILES string of the molecule is CC=CCn1c(NN=Cc2ccc(Cl)cc2)nc2c1c(=O)[nH]c(=O)n2C. The zero-order valence-corrected chi connectivity index (χ0v) is 15.0. The van der Waals surface area contributed by atoms with Crippen molar-refractivity contribution in [1.82, 2.24) is 19.1 Å². The number of hydrazone groups is 1. The second-order valence-corrected chi connectivity index (χ2v) is 5.96. The monoisotopic (exact) mass is 372 g/mol. The summed E-state index contributed by atoms with van der Waals surface area (Å²) in [6.45, 7) is 2.29. The van der Waals surface area contributed by atoms with Crippen molar-refractivity contribution >= 4 is 34.9 Å². The highest BCUT2D eigenvalue weighted by molar-refractivity contribution is 6.30. The Morgan fingerprint density at radius 1 is 1.31 bits per heavy atom. The van der Waals surface area contributed by atoms with Crippen molar-refractivity contribution < 1.29 is 0 Å². The molecule has 0 spiro atoms. The number of benzene rings is 1. The molecule has 134 valence electrons. The Morgan fingerprint density at radius 2 is 2.04 bits per heavy atom. The molecule has 0 unspecified atom stereocenters. The third kappa shape index (κ3) is 3.45. The van der Waals surface area contributed by atoms with Crippen LogP contribution in [0.5, 0.6) is 0 Å². The number of aryl methyl sites for hydroxylation is 1. The quantitative estimate of drug-likeness (QED) is 0.407. The molecule has 3 aromatic rings. The molecule has 9 heteroatoms. The number of H-pyrrole nitrogens is 1. The normalized spacial score (nSPS) is 11.8. The molecule has 0 saturated carbocycles. The minimum atomic E-state index is -0.519. The van der Waals surface area contributed by atoms with Gasteiger partial charge in [-0.15, -0.1) is 0 Å². The number of fused-ring (bicyclic) bond motifs is 1. The van der Waals surface area contributed by atoms with Crippen molar-refractivity contribution in [1.29, 1.82) is 0 Å². The number of hydrogen-bond acceptors (Lipinski definition) is 5. The molecule has 0 radical (unpaired) electrons. The summed E-state index contributed by atoms with van der Waals surface area (Å²) in [5.74, 6) is 0.356. The molecule has 2 N–H and O–H groups in total. The summed E-state index contributed by atoms with van der Waals surface area (Å²) in [6, 6.07) is 7.18. The maximum absolute atomic E-state index is 12.2. The second-order valence-electron chi connectivity index (χ2n) is 5.53. The van der Waals surface area contributed by atoms with Gasteiger partial charge in [-0.2, -0.15) is 10.1 Å². The molecule has 3 rings (SSSR count). The number of rotatable bonds is 5. The van der Waals surface area contributed by atoms with Gasteiger partial charge in [0.1, 0.15) is 0 Å². The molecule has 0 amide bonds. The van der Waals surface area contributed by atoms with Crippen LogP contribution in [0.3, 0.4) is 0 Å². The highest BCUT2D eigenvalue weighted by Gasteiger charge is 2.16. The molecule has 2 heterocycles. The summed E-state index contributed by atoms with van der Waals surface area (Å²) in [5.41, 5.74) is 3.26. The highest BCUT2D eigenvalue weighted by atomic mass is 35.5. The van der Waals surface area contributed by atoms with Crippen LogP contribution in [0, 0.1) is 0 Å². The average molecular weight is 373 g/mol. The number of aromatic nitrogens is 4. The Bertz CT molecular complexity index is 1110. The molecule has 0 aliphatic heterocycles. The molecule has 1 aromatic carbocycles. The van der Waals surface area contributed by atoms with Crippen LogP contribution >= 0.6 is 11.6 Å². The lowest BCUT2D eigenvalue weighted by atomic mass is 10.2. The zero-order chi connectivity index (χ0) is 18.7. The van der Waals surface area contributed by atoms with Gasteiger partial charge >= 0.3 is 5.69 Å². The van der Waals surface area contributed by atoms with E-state index in [9.17, 15) is 9.59 Å². The van der Waals surface area contributed by atoms with Crippen LogP contribution < -0.4 is 16.7 Å². The molecule has 0 saturated heterocycles. The van der Waals surface area contributed by atoms with E-state index >= 15 is 0 Å². The number of nitrogens with one attached hydrogen (secondary N) is 2. The first kappa shape index (κ1) is 17.7. The number of imidazole rings is 1. The van der Waals surface area contributed by atoms with E-state index in [-0.39, 0.29) is 5.65 Å². The van der Waals surface area contributed by atoms with Crippen molar-refractivity contribution in [3.63, 3.8) is 0 Å². The van der Waals surface area contributed by atoms with Crippen molar-refractivity contribution in [2.24, 2.45) is 12.1 Å². The van der Waals surface area contributed by atoms with Gasteiger partial charge in [0.05, 0.1) is 6.21 Å². The topological polar surface area (TPSA) is 97.1 Å². The van der Waals surface area contributed by atoms with Gasteiger partial charge in [0.15, 0.2) is 11.2 Å². The van der Waals surface area contributed by atoms with E-state index in [1.165, 1.54) is 4.57 Å². The third-order valence-electron chi connectivity index (χ3n) is 3.78. The van der Waals surface area contributed by atoms with E-state index < -0.39 is 11.2 Å². The fraction of sp³-hybridized carbons (Fsp3) is 0.176.